The molecule has 0 bridgehead atoms. The van der Waals surface area contributed by atoms with Gasteiger partial charge in [-0.25, -0.2) is 4.98 Å². The number of H-pyrrole nitrogens is 1. The maximum Gasteiger partial charge on any atom is 0.248 e. The molecule has 0 aliphatic heterocycles. The molecule has 0 aliphatic rings. The van der Waals surface area contributed by atoms with Gasteiger partial charge in [0.15, 0.2) is 11.5 Å². The van der Waals surface area contributed by atoms with Crippen LogP contribution in [0.25, 0.3) is 28.5 Å². The Kier molecular flexibility index (Phi) is 6.68. The highest BCUT2D eigenvalue weighted by Crippen LogP contribution is 2.33. The van der Waals surface area contributed by atoms with Crippen LogP contribution in [0.5, 0.6) is 11.5 Å². The normalized spacial score (nSPS) is 11.4. The number of fused-ring (bicyclic) bond motifs is 1. The van der Waals surface area contributed by atoms with Gasteiger partial charge in [0.25, 0.3) is 0 Å². The summed E-state index contributed by atoms with van der Waals surface area (Å²) in [5, 5.41) is 2.98. The number of methoxy groups -OCH3 is 2. The molecule has 3 aromatic carbocycles. The van der Waals surface area contributed by atoms with E-state index in [1.165, 1.54) is 5.56 Å². The number of hydrogen-bond acceptors (Lipinski definition) is 4. The van der Waals surface area contributed by atoms with Crippen LogP contribution in [0.3, 0.4) is 0 Å². The number of carbonyl (C=O) groups excluding carboxylic acids is 1. The zero-order valence-corrected chi connectivity index (χ0v) is 20.1. The van der Waals surface area contributed by atoms with Gasteiger partial charge in [-0.15, -0.1) is 0 Å². The van der Waals surface area contributed by atoms with Crippen LogP contribution in [-0.4, -0.2) is 30.1 Å². The Bertz CT molecular complexity index is 1310. The average Bonchev–Trinajstić information content (AvgIpc) is 3.26. The van der Waals surface area contributed by atoms with Crippen molar-refractivity contribution in [3.63, 3.8) is 0 Å². The summed E-state index contributed by atoms with van der Waals surface area (Å²) in [7, 11) is 3.20. The summed E-state index contributed by atoms with van der Waals surface area (Å²) in [5.74, 6) is 2.24. The van der Waals surface area contributed by atoms with Crippen molar-refractivity contribution in [1.82, 2.24) is 9.97 Å². The number of nitrogens with one attached hydrogen (secondary N) is 2. The number of aryl methyl sites for hydroxylation is 1. The van der Waals surface area contributed by atoms with E-state index < -0.39 is 0 Å². The molecule has 1 aromatic heterocycles. The first-order valence-corrected chi connectivity index (χ1v) is 11.2. The number of nitrogens with zero attached hydrogens (tertiary/aromatic N) is 1. The molecule has 34 heavy (non-hydrogen) atoms. The zero-order chi connectivity index (χ0) is 24.2. The van der Waals surface area contributed by atoms with Crippen LogP contribution in [0.1, 0.15) is 36.5 Å². The van der Waals surface area contributed by atoms with Crippen molar-refractivity contribution in [1.29, 1.82) is 0 Å². The van der Waals surface area contributed by atoms with Crippen LogP contribution >= 0.6 is 0 Å². The Morgan fingerprint density at radius 1 is 1.00 bits per heavy atom. The summed E-state index contributed by atoms with van der Waals surface area (Å²) in [4.78, 5) is 20.6. The van der Waals surface area contributed by atoms with Crippen LogP contribution in [0, 0.1) is 6.92 Å². The minimum atomic E-state index is -0.188. The first-order valence-electron chi connectivity index (χ1n) is 11.2. The highest BCUT2D eigenvalue weighted by atomic mass is 16.5. The van der Waals surface area contributed by atoms with Crippen molar-refractivity contribution in [2.24, 2.45) is 0 Å². The Hall–Kier alpha value is -4.06. The number of aromatic nitrogens is 2. The first kappa shape index (κ1) is 23.1. The van der Waals surface area contributed by atoms with Crippen LogP contribution < -0.4 is 14.8 Å². The standard InChI is InChI=1S/C28H29N3O3/c1-17(2)20-11-7-19(8-12-20)9-13-27(32)29-22-14-21(10-6-18(22)3)28-30-23-15-25(33-4)26(34-5)16-24(23)31-28/h6-17H,1-5H3,(H,29,32)(H,30,31)/b13-9+. The molecule has 0 spiro atoms. The van der Waals surface area contributed by atoms with Gasteiger partial charge in [-0.3, -0.25) is 4.79 Å². The van der Waals surface area contributed by atoms with E-state index in [0.717, 1.165) is 33.4 Å². The van der Waals surface area contributed by atoms with E-state index in [2.05, 4.69) is 36.3 Å². The molecule has 2 N–H and O–H groups in total. The zero-order valence-electron chi connectivity index (χ0n) is 20.1. The molecule has 0 atom stereocenters. The second-order valence-corrected chi connectivity index (χ2v) is 8.48. The fourth-order valence-corrected chi connectivity index (χ4v) is 3.72. The van der Waals surface area contributed by atoms with E-state index in [-0.39, 0.29) is 5.91 Å². The van der Waals surface area contributed by atoms with E-state index >= 15 is 0 Å². The third-order valence-electron chi connectivity index (χ3n) is 5.79. The second kappa shape index (κ2) is 9.83. The first-order chi connectivity index (χ1) is 16.4. The fraction of sp³-hybridized carbons (Fsp3) is 0.214. The van der Waals surface area contributed by atoms with Crippen LogP contribution in [0.15, 0.2) is 60.7 Å². The van der Waals surface area contributed by atoms with Crippen LogP contribution in [-0.2, 0) is 4.79 Å². The average molecular weight is 456 g/mol. The molecular weight excluding hydrogens is 426 g/mol. The van der Waals surface area contributed by atoms with Gasteiger partial charge in [-0.2, -0.15) is 0 Å². The monoisotopic (exact) mass is 455 g/mol. The Morgan fingerprint density at radius 3 is 2.38 bits per heavy atom. The predicted molar refractivity (Wildman–Crippen MR) is 138 cm³/mol. The molecule has 174 valence electrons. The highest BCUT2D eigenvalue weighted by Gasteiger charge is 2.12. The smallest absolute Gasteiger partial charge is 0.248 e. The fourth-order valence-electron chi connectivity index (χ4n) is 3.72. The predicted octanol–water partition coefficient (Wildman–Crippen LogP) is 6.33. The van der Waals surface area contributed by atoms with Gasteiger partial charge in [0.05, 0.1) is 25.3 Å². The Morgan fingerprint density at radius 2 is 1.71 bits per heavy atom. The number of hydrogen-bond donors (Lipinski definition) is 2. The molecule has 1 heterocycles. The molecule has 1 amide bonds. The lowest BCUT2D eigenvalue weighted by atomic mass is 10.0. The lowest BCUT2D eigenvalue weighted by Crippen LogP contribution is -2.09. The summed E-state index contributed by atoms with van der Waals surface area (Å²) >= 11 is 0. The SMILES string of the molecule is COc1cc2nc(-c3ccc(C)c(NC(=O)/C=C/c4ccc(C(C)C)cc4)c3)[nH]c2cc1OC. The molecule has 0 unspecified atom stereocenters. The summed E-state index contributed by atoms with van der Waals surface area (Å²) in [6.07, 6.45) is 3.37. The number of amides is 1. The Labute approximate surface area is 199 Å². The van der Waals surface area contributed by atoms with Crippen molar-refractivity contribution < 1.29 is 14.3 Å². The number of imidazole rings is 1. The van der Waals surface area contributed by atoms with Crippen molar-refractivity contribution in [3.8, 4) is 22.9 Å². The van der Waals surface area contributed by atoms with Crippen molar-refractivity contribution in [3.05, 3.63) is 77.4 Å². The highest BCUT2D eigenvalue weighted by molar-refractivity contribution is 6.02. The maximum atomic E-state index is 12.6. The summed E-state index contributed by atoms with van der Waals surface area (Å²) in [6.45, 7) is 6.28. The largest absolute Gasteiger partial charge is 0.493 e. The molecule has 6 nitrogen and oxygen atoms in total. The van der Waals surface area contributed by atoms with Crippen molar-refractivity contribution in [2.75, 3.05) is 19.5 Å². The number of ether oxygens (including phenoxy) is 2. The molecular formula is C28H29N3O3. The second-order valence-electron chi connectivity index (χ2n) is 8.48. The summed E-state index contributed by atoms with van der Waals surface area (Å²) in [5.41, 5.74) is 6.43. The van der Waals surface area contributed by atoms with Gasteiger partial charge in [0.1, 0.15) is 5.82 Å². The Balaban J connectivity index is 1.54. The van der Waals surface area contributed by atoms with Crippen molar-refractivity contribution >= 4 is 28.7 Å². The van der Waals surface area contributed by atoms with Crippen molar-refractivity contribution in [2.45, 2.75) is 26.7 Å². The minimum Gasteiger partial charge on any atom is -0.493 e. The van der Waals surface area contributed by atoms with Gasteiger partial charge >= 0.3 is 0 Å². The van der Waals surface area contributed by atoms with E-state index in [0.29, 0.717) is 23.2 Å². The molecule has 0 saturated carbocycles. The van der Waals surface area contributed by atoms with E-state index in [4.69, 9.17) is 14.5 Å². The molecule has 0 aliphatic carbocycles. The molecule has 0 fully saturated rings. The number of benzene rings is 3. The van der Waals surface area contributed by atoms with E-state index in [9.17, 15) is 4.79 Å². The lowest BCUT2D eigenvalue weighted by molar-refractivity contribution is -0.111. The van der Waals surface area contributed by atoms with E-state index in [1.807, 2.05) is 55.5 Å². The summed E-state index contributed by atoms with van der Waals surface area (Å²) < 4.78 is 10.8. The third kappa shape index (κ3) is 4.96. The molecule has 0 saturated heterocycles. The number of carbonyl (C=O) groups is 1. The van der Waals surface area contributed by atoms with Gasteiger partial charge in [-0.05, 0) is 41.7 Å². The molecule has 6 heteroatoms. The quantitative estimate of drug-likeness (QED) is 0.319. The van der Waals surface area contributed by atoms with Gasteiger partial charge in [-0.1, -0.05) is 50.2 Å². The molecule has 4 aromatic rings. The lowest BCUT2D eigenvalue weighted by Gasteiger charge is -2.08. The van der Waals surface area contributed by atoms with Gasteiger partial charge in [0, 0.05) is 29.5 Å². The topological polar surface area (TPSA) is 76.2 Å². The van der Waals surface area contributed by atoms with Gasteiger partial charge < -0.3 is 19.8 Å². The number of aromatic amines is 1. The molecule has 4 rings (SSSR count). The number of anilines is 1. The van der Waals surface area contributed by atoms with Crippen LogP contribution in [0.4, 0.5) is 5.69 Å². The summed E-state index contributed by atoms with van der Waals surface area (Å²) in [6, 6.07) is 17.8. The maximum absolute atomic E-state index is 12.6. The van der Waals surface area contributed by atoms with Crippen LogP contribution in [0.2, 0.25) is 0 Å². The van der Waals surface area contributed by atoms with E-state index in [1.54, 1.807) is 20.3 Å². The third-order valence-corrected chi connectivity index (χ3v) is 5.79. The van der Waals surface area contributed by atoms with Gasteiger partial charge in [0.2, 0.25) is 5.91 Å². The minimum absolute atomic E-state index is 0.188. The molecule has 0 radical (unpaired) electrons. The number of rotatable bonds is 7.